The Morgan fingerprint density at radius 1 is 1.00 bits per heavy atom. The summed E-state index contributed by atoms with van der Waals surface area (Å²) in [4.78, 5) is 42.4. The van der Waals surface area contributed by atoms with E-state index in [0.717, 1.165) is 0 Å². The van der Waals surface area contributed by atoms with Crippen molar-refractivity contribution in [3.05, 3.63) is 0 Å². The summed E-state index contributed by atoms with van der Waals surface area (Å²) >= 11 is 0. The third kappa shape index (κ3) is 8.22. The van der Waals surface area contributed by atoms with Gasteiger partial charge in [-0.15, -0.1) is 0 Å². The van der Waals surface area contributed by atoms with E-state index >= 15 is 0 Å². The first-order valence-electron chi connectivity index (χ1n) is 5.03. The normalized spacial score (nSPS) is 9.61. The van der Waals surface area contributed by atoms with Crippen LogP contribution in [-0.2, 0) is 33.4 Å². The van der Waals surface area contributed by atoms with E-state index < -0.39 is 30.1 Å². The molecule has 0 rings (SSSR count). The number of ether oxygens (including phenoxy) is 3. The maximum absolute atomic E-state index is 11.0. The number of ketones is 1. The smallest absolute Gasteiger partial charge is 0.372 e. The molecule has 0 aromatic carbocycles. The van der Waals surface area contributed by atoms with Gasteiger partial charge in [-0.1, -0.05) is 0 Å². The molecule has 0 aromatic rings. The van der Waals surface area contributed by atoms with E-state index in [1.165, 1.54) is 7.11 Å². The zero-order valence-corrected chi connectivity index (χ0v) is 9.84. The summed E-state index contributed by atoms with van der Waals surface area (Å²) in [6.45, 7) is -0.323. The number of Topliss-reactive ketones (excluding diaryl/α,β-unsaturated/α-hetero) is 1. The number of carboxylic acids is 1. The van der Waals surface area contributed by atoms with Crippen molar-refractivity contribution < 1.29 is 38.5 Å². The van der Waals surface area contributed by atoms with Gasteiger partial charge in [0.25, 0.3) is 0 Å². The van der Waals surface area contributed by atoms with E-state index in [1.54, 1.807) is 0 Å². The molecule has 1 N–H and O–H groups in total. The van der Waals surface area contributed by atoms with Gasteiger partial charge in [0.05, 0.1) is 20.1 Å². The molecule has 0 radical (unpaired) electrons. The van der Waals surface area contributed by atoms with E-state index in [2.05, 4.69) is 9.47 Å². The van der Waals surface area contributed by atoms with Crippen LogP contribution in [0.2, 0.25) is 0 Å². The molecule has 0 aliphatic heterocycles. The molecular weight excluding hydrogens is 248 g/mol. The molecule has 0 amide bonds. The maximum atomic E-state index is 11.0. The second-order valence-electron chi connectivity index (χ2n) is 3.08. The van der Waals surface area contributed by atoms with Gasteiger partial charge in [0.2, 0.25) is 5.78 Å². The second-order valence-corrected chi connectivity index (χ2v) is 3.08. The van der Waals surface area contributed by atoms with Gasteiger partial charge in [-0.3, -0.25) is 9.59 Å². The molecule has 0 saturated carbocycles. The van der Waals surface area contributed by atoms with Gasteiger partial charge in [0, 0.05) is 6.42 Å². The molecule has 0 saturated heterocycles. The van der Waals surface area contributed by atoms with Crippen molar-refractivity contribution in [2.24, 2.45) is 0 Å². The Kier molecular flexibility index (Phi) is 8.12. The van der Waals surface area contributed by atoms with Crippen molar-refractivity contribution >= 4 is 23.7 Å². The molecular formula is C10H14O8. The first kappa shape index (κ1) is 16.0. The lowest BCUT2D eigenvalue weighted by Gasteiger charge is -2.04. The SMILES string of the molecule is COC(=O)COCCOC(=O)CCC(=O)C(=O)O. The fourth-order valence-electron chi connectivity index (χ4n) is 0.824. The zero-order valence-electron chi connectivity index (χ0n) is 9.84. The monoisotopic (exact) mass is 262 g/mol. The van der Waals surface area contributed by atoms with E-state index in [0.29, 0.717) is 0 Å². The fraction of sp³-hybridized carbons (Fsp3) is 0.600. The van der Waals surface area contributed by atoms with Gasteiger partial charge in [-0.2, -0.15) is 0 Å². The molecule has 0 aliphatic rings. The maximum Gasteiger partial charge on any atom is 0.372 e. The highest BCUT2D eigenvalue weighted by molar-refractivity contribution is 6.32. The van der Waals surface area contributed by atoms with Crippen molar-refractivity contribution in [1.82, 2.24) is 0 Å². The number of esters is 2. The predicted octanol–water partition coefficient (Wildman–Crippen LogP) is -0.847. The molecule has 0 spiro atoms. The highest BCUT2D eigenvalue weighted by atomic mass is 16.6. The van der Waals surface area contributed by atoms with Gasteiger partial charge in [0.1, 0.15) is 13.2 Å². The zero-order chi connectivity index (χ0) is 14.0. The molecule has 8 heteroatoms. The molecule has 18 heavy (non-hydrogen) atoms. The summed E-state index contributed by atoms with van der Waals surface area (Å²) < 4.78 is 13.7. The Morgan fingerprint density at radius 2 is 1.67 bits per heavy atom. The van der Waals surface area contributed by atoms with Crippen LogP contribution in [-0.4, -0.2) is 55.7 Å². The summed E-state index contributed by atoms with van der Waals surface area (Å²) in [7, 11) is 1.21. The van der Waals surface area contributed by atoms with Crippen LogP contribution in [0.4, 0.5) is 0 Å². The van der Waals surface area contributed by atoms with Crippen LogP contribution in [0.1, 0.15) is 12.8 Å². The van der Waals surface area contributed by atoms with Crippen LogP contribution >= 0.6 is 0 Å². The van der Waals surface area contributed by atoms with Crippen LogP contribution in [0.15, 0.2) is 0 Å². The Bertz CT molecular complexity index is 322. The largest absolute Gasteiger partial charge is 0.476 e. The summed E-state index contributed by atoms with van der Waals surface area (Å²) in [5.41, 5.74) is 0. The topological polar surface area (TPSA) is 116 Å². The van der Waals surface area contributed by atoms with Gasteiger partial charge < -0.3 is 19.3 Å². The molecule has 0 atom stereocenters. The van der Waals surface area contributed by atoms with Crippen LogP contribution in [0.3, 0.4) is 0 Å². The summed E-state index contributed by atoms with van der Waals surface area (Å²) in [5, 5.41) is 8.25. The highest BCUT2D eigenvalue weighted by Crippen LogP contribution is 1.95. The minimum Gasteiger partial charge on any atom is -0.476 e. The molecule has 0 fully saturated rings. The predicted molar refractivity (Wildman–Crippen MR) is 55.7 cm³/mol. The lowest BCUT2D eigenvalue weighted by molar-refractivity contribution is -0.151. The Balaban J connectivity index is 3.51. The number of hydrogen-bond donors (Lipinski definition) is 1. The molecule has 0 unspecified atom stereocenters. The molecule has 0 aromatic heterocycles. The van der Waals surface area contributed by atoms with Crippen molar-refractivity contribution in [3.8, 4) is 0 Å². The van der Waals surface area contributed by atoms with Gasteiger partial charge in [-0.05, 0) is 0 Å². The number of rotatable bonds is 9. The minimum absolute atomic E-state index is 0.00766. The van der Waals surface area contributed by atoms with Gasteiger partial charge in [-0.25, -0.2) is 9.59 Å². The quantitative estimate of drug-likeness (QED) is 0.324. The first-order valence-corrected chi connectivity index (χ1v) is 5.03. The highest BCUT2D eigenvalue weighted by Gasteiger charge is 2.14. The van der Waals surface area contributed by atoms with Crippen LogP contribution in [0.5, 0.6) is 0 Å². The molecule has 0 aliphatic carbocycles. The third-order valence-corrected chi connectivity index (χ3v) is 1.73. The molecule has 8 nitrogen and oxygen atoms in total. The average Bonchev–Trinajstić information content (AvgIpc) is 2.34. The van der Waals surface area contributed by atoms with Crippen molar-refractivity contribution in [3.63, 3.8) is 0 Å². The summed E-state index contributed by atoms with van der Waals surface area (Å²) in [5.74, 6) is -3.88. The molecule has 102 valence electrons. The van der Waals surface area contributed by atoms with E-state index in [1.807, 2.05) is 0 Å². The Hall–Kier alpha value is -1.96. The molecule has 0 heterocycles. The lowest BCUT2D eigenvalue weighted by Crippen LogP contribution is -2.17. The summed E-state index contributed by atoms with van der Waals surface area (Å²) in [6, 6.07) is 0. The minimum atomic E-state index is -1.58. The second kappa shape index (κ2) is 9.11. The first-order chi connectivity index (χ1) is 8.47. The average molecular weight is 262 g/mol. The van der Waals surface area contributed by atoms with Crippen LogP contribution in [0, 0.1) is 0 Å². The number of carbonyl (C=O) groups excluding carboxylic acids is 3. The van der Waals surface area contributed by atoms with Gasteiger partial charge in [0.15, 0.2) is 0 Å². The lowest BCUT2D eigenvalue weighted by atomic mass is 10.2. The number of carbonyl (C=O) groups is 4. The van der Waals surface area contributed by atoms with E-state index in [9.17, 15) is 19.2 Å². The van der Waals surface area contributed by atoms with E-state index in [-0.39, 0.29) is 26.2 Å². The standard InChI is InChI=1S/C10H14O8/c1-16-9(13)6-17-4-5-18-8(12)3-2-7(11)10(14)15/h2-6H2,1H3,(H,14,15). The fourth-order valence-corrected chi connectivity index (χ4v) is 0.824. The molecule has 0 bridgehead atoms. The van der Waals surface area contributed by atoms with Gasteiger partial charge >= 0.3 is 17.9 Å². The van der Waals surface area contributed by atoms with Crippen LogP contribution < -0.4 is 0 Å². The van der Waals surface area contributed by atoms with Crippen molar-refractivity contribution in [2.45, 2.75) is 12.8 Å². The van der Waals surface area contributed by atoms with Crippen LogP contribution in [0.25, 0.3) is 0 Å². The Morgan fingerprint density at radius 3 is 2.22 bits per heavy atom. The van der Waals surface area contributed by atoms with Crippen molar-refractivity contribution in [2.75, 3.05) is 26.9 Å². The number of methoxy groups -OCH3 is 1. The number of carboxylic acid groups (broad SMARTS) is 1. The third-order valence-electron chi connectivity index (χ3n) is 1.73. The summed E-state index contributed by atoms with van der Waals surface area (Å²) in [6.07, 6.45) is -0.709. The Labute approximate surface area is 103 Å². The number of aliphatic carboxylic acids is 1. The number of hydrogen-bond acceptors (Lipinski definition) is 7. The van der Waals surface area contributed by atoms with Crippen molar-refractivity contribution in [1.29, 1.82) is 0 Å². The van der Waals surface area contributed by atoms with E-state index in [4.69, 9.17) is 9.84 Å².